The quantitative estimate of drug-likeness (QED) is 0.732. The van der Waals surface area contributed by atoms with Crippen LogP contribution in [0.15, 0.2) is 0 Å². The highest BCUT2D eigenvalue weighted by atomic mass is 19.4. The third kappa shape index (κ3) is 6.10. The Labute approximate surface area is 90.7 Å². The van der Waals surface area contributed by atoms with Crippen LogP contribution in [0.2, 0.25) is 0 Å². The summed E-state index contributed by atoms with van der Waals surface area (Å²) >= 11 is 0. The van der Waals surface area contributed by atoms with E-state index in [-0.39, 0.29) is 6.54 Å². The number of carbonyl (C=O) groups is 2. The first kappa shape index (κ1) is 14.5. The standard InChI is InChI=1S/C8H13F3N2O3/c1-12(2)6(14)4-13(3)7(15)16-5-8(9,10)11/h4-5H2,1-3H3. The van der Waals surface area contributed by atoms with Crippen LogP contribution in [0.25, 0.3) is 0 Å². The minimum Gasteiger partial charge on any atom is -0.440 e. The molecule has 2 amide bonds. The van der Waals surface area contributed by atoms with Gasteiger partial charge in [-0.1, -0.05) is 0 Å². The minimum atomic E-state index is -4.57. The van der Waals surface area contributed by atoms with Gasteiger partial charge in [0.1, 0.15) is 6.54 Å². The van der Waals surface area contributed by atoms with Crippen LogP contribution in [0.5, 0.6) is 0 Å². The van der Waals surface area contributed by atoms with Crippen LogP contribution < -0.4 is 0 Å². The fourth-order valence-electron chi connectivity index (χ4n) is 0.663. The summed E-state index contributed by atoms with van der Waals surface area (Å²) in [4.78, 5) is 24.1. The summed E-state index contributed by atoms with van der Waals surface area (Å²) in [7, 11) is 4.12. The zero-order valence-corrected chi connectivity index (χ0v) is 9.17. The average molecular weight is 242 g/mol. The third-order valence-electron chi connectivity index (χ3n) is 1.54. The number of nitrogens with zero attached hydrogens (tertiary/aromatic N) is 2. The van der Waals surface area contributed by atoms with Gasteiger partial charge in [0.25, 0.3) is 0 Å². The lowest BCUT2D eigenvalue weighted by Crippen LogP contribution is -2.39. The van der Waals surface area contributed by atoms with Crippen LogP contribution in [0.1, 0.15) is 0 Å². The maximum atomic E-state index is 11.7. The normalized spacial score (nSPS) is 10.9. The van der Waals surface area contributed by atoms with Crippen molar-refractivity contribution in [3.8, 4) is 0 Å². The summed E-state index contributed by atoms with van der Waals surface area (Å²) in [5, 5.41) is 0. The number of ether oxygens (including phenoxy) is 1. The summed E-state index contributed by atoms with van der Waals surface area (Å²) < 4.78 is 39.0. The van der Waals surface area contributed by atoms with Crippen molar-refractivity contribution in [2.24, 2.45) is 0 Å². The van der Waals surface area contributed by atoms with Gasteiger partial charge in [-0.25, -0.2) is 4.79 Å². The van der Waals surface area contributed by atoms with E-state index in [9.17, 15) is 22.8 Å². The molecule has 0 N–H and O–H groups in total. The van der Waals surface area contributed by atoms with Crippen LogP contribution in [0, 0.1) is 0 Å². The predicted octanol–water partition coefficient (Wildman–Crippen LogP) is 0.705. The topological polar surface area (TPSA) is 49.9 Å². The highest BCUT2D eigenvalue weighted by molar-refractivity contribution is 5.81. The van der Waals surface area contributed by atoms with Gasteiger partial charge in [-0.3, -0.25) is 4.79 Å². The number of hydrogen-bond acceptors (Lipinski definition) is 3. The van der Waals surface area contributed by atoms with Gasteiger partial charge < -0.3 is 14.5 Å². The molecule has 0 bridgehead atoms. The lowest BCUT2D eigenvalue weighted by Gasteiger charge is -2.19. The molecule has 8 heteroatoms. The molecular weight excluding hydrogens is 229 g/mol. The van der Waals surface area contributed by atoms with Crippen molar-refractivity contribution in [2.45, 2.75) is 6.18 Å². The molecule has 0 aliphatic carbocycles. The number of carbonyl (C=O) groups excluding carboxylic acids is 2. The molecule has 0 rings (SSSR count). The molecule has 0 saturated heterocycles. The van der Waals surface area contributed by atoms with Crippen LogP contribution in [-0.2, 0) is 9.53 Å². The summed E-state index contributed by atoms with van der Waals surface area (Å²) in [6.07, 6.45) is -5.75. The van der Waals surface area contributed by atoms with Crippen LogP contribution in [0.4, 0.5) is 18.0 Å². The largest absolute Gasteiger partial charge is 0.440 e. The SMILES string of the molecule is CN(C)C(=O)CN(C)C(=O)OCC(F)(F)F. The highest BCUT2D eigenvalue weighted by Crippen LogP contribution is 2.14. The number of alkyl halides is 3. The van der Waals surface area contributed by atoms with E-state index < -0.39 is 24.8 Å². The number of likely N-dealkylation sites (N-methyl/N-ethyl adjacent to an activating group) is 2. The second-order valence-electron chi connectivity index (χ2n) is 3.31. The molecular formula is C8H13F3N2O3. The Kier molecular flexibility index (Phi) is 5.06. The van der Waals surface area contributed by atoms with Crippen molar-refractivity contribution in [3.05, 3.63) is 0 Å². The van der Waals surface area contributed by atoms with E-state index in [0.717, 1.165) is 4.90 Å². The van der Waals surface area contributed by atoms with Gasteiger partial charge in [-0.15, -0.1) is 0 Å². The molecule has 16 heavy (non-hydrogen) atoms. The molecule has 0 fully saturated rings. The van der Waals surface area contributed by atoms with Gasteiger partial charge in [0.2, 0.25) is 5.91 Å². The molecule has 0 aromatic carbocycles. The number of amides is 2. The van der Waals surface area contributed by atoms with Crippen molar-refractivity contribution in [1.82, 2.24) is 9.80 Å². The molecule has 0 unspecified atom stereocenters. The molecule has 94 valence electrons. The molecule has 0 aliphatic heterocycles. The maximum Gasteiger partial charge on any atom is 0.422 e. The second-order valence-corrected chi connectivity index (χ2v) is 3.31. The Morgan fingerprint density at radius 2 is 1.69 bits per heavy atom. The smallest absolute Gasteiger partial charge is 0.422 e. The van der Waals surface area contributed by atoms with E-state index in [2.05, 4.69) is 4.74 Å². The Balaban J connectivity index is 4.05. The average Bonchev–Trinajstić information content (AvgIpc) is 2.12. The number of rotatable bonds is 3. The molecule has 0 atom stereocenters. The Bertz CT molecular complexity index is 266. The minimum absolute atomic E-state index is 0.330. The first-order chi connectivity index (χ1) is 7.13. The van der Waals surface area contributed by atoms with Crippen molar-refractivity contribution >= 4 is 12.0 Å². The third-order valence-corrected chi connectivity index (χ3v) is 1.54. The molecule has 0 aromatic rings. The fourth-order valence-corrected chi connectivity index (χ4v) is 0.663. The van der Waals surface area contributed by atoms with Crippen LogP contribution in [0.3, 0.4) is 0 Å². The van der Waals surface area contributed by atoms with Gasteiger partial charge in [0.15, 0.2) is 6.61 Å². The first-order valence-corrected chi connectivity index (χ1v) is 4.28. The van der Waals surface area contributed by atoms with Gasteiger partial charge in [0.05, 0.1) is 0 Å². The van der Waals surface area contributed by atoms with Crippen molar-refractivity contribution in [3.63, 3.8) is 0 Å². The summed E-state index contributed by atoms with van der Waals surface area (Å²) in [6.45, 7) is -1.99. The van der Waals surface area contributed by atoms with Crippen molar-refractivity contribution in [2.75, 3.05) is 34.3 Å². The molecule has 0 saturated carbocycles. The Hall–Kier alpha value is -1.47. The Morgan fingerprint density at radius 3 is 2.06 bits per heavy atom. The predicted molar refractivity (Wildman–Crippen MR) is 48.7 cm³/mol. The van der Waals surface area contributed by atoms with Gasteiger partial charge in [-0.2, -0.15) is 13.2 Å². The lowest BCUT2D eigenvalue weighted by atomic mass is 10.5. The monoisotopic (exact) mass is 242 g/mol. The van der Waals surface area contributed by atoms with E-state index in [4.69, 9.17) is 0 Å². The second kappa shape index (κ2) is 5.57. The van der Waals surface area contributed by atoms with Crippen molar-refractivity contribution in [1.29, 1.82) is 0 Å². The van der Waals surface area contributed by atoms with Crippen LogP contribution in [-0.4, -0.2) is 62.3 Å². The van der Waals surface area contributed by atoms with Crippen LogP contribution >= 0.6 is 0 Å². The highest BCUT2D eigenvalue weighted by Gasteiger charge is 2.30. The molecule has 0 aliphatic rings. The molecule has 5 nitrogen and oxygen atoms in total. The maximum absolute atomic E-state index is 11.7. The first-order valence-electron chi connectivity index (χ1n) is 4.28. The van der Waals surface area contributed by atoms with Gasteiger partial charge >= 0.3 is 12.3 Å². The van der Waals surface area contributed by atoms with Gasteiger partial charge in [0, 0.05) is 21.1 Å². The van der Waals surface area contributed by atoms with E-state index in [1.165, 1.54) is 26.0 Å². The number of hydrogen-bond donors (Lipinski definition) is 0. The summed E-state index contributed by atoms with van der Waals surface area (Å²) in [5.41, 5.74) is 0. The van der Waals surface area contributed by atoms with E-state index in [1.54, 1.807) is 0 Å². The summed E-state index contributed by atoms with van der Waals surface area (Å²) in [5.74, 6) is -0.411. The molecule has 0 aromatic heterocycles. The zero-order chi connectivity index (χ0) is 12.9. The van der Waals surface area contributed by atoms with E-state index in [1.807, 2.05) is 0 Å². The molecule has 0 heterocycles. The Morgan fingerprint density at radius 1 is 1.19 bits per heavy atom. The fraction of sp³-hybridized carbons (Fsp3) is 0.750. The van der Waals surface area contributed by atoms with Crippen molar-refractivity contribution < 1.29 is 27.5 Å². The van der Waals surface area contributed by atoms with E-state index in [0.29, 0.717) is 0 Å². The number of halogens is 3. The zero-order valence-electron chi connectivity index (χ0n) is 9.17. The molecule has 0 spiro atoms. The van der Waals surface area contributed by atoms with E-state index >= 15 is 0 Å². The summed E-state index contributed by atoms with van der Waals surface area (Å²) in [6, 6.07) is 0. The van der Waals surface area contributed by atoms with Gasteiger partial charge in [-0.05, 0) is 0 Å². The molecule has 0 radical (unpaired) electrons. The lowest BCUT2D eigenvalue weighted by molar-refractivity contribution is -0.162.